The fourth-order valence-electron chi connectivity index (χ4n) is 6.68. The summed E-state index contributed by atoms with van der Waals surface area (Å²) >= 11 is 0. The highest BCUT2D eigenvalue weighted by molar-refractivity contribution is 5.90. The Kier molecular flexibility index (Phi) is 6.64. The van der Waals surface area contributed by atoms with E-state index in [1.165, 1.54) is 57.8 Å². The van der Waals surface area contributed by atoms with Crippen molar-refractivity contribution in [3.63, 3.8) is 0 Å². The van der Waals surface area contributed by atoms with Gasteiger partial charge in [0.1, 0.15) is 5.60 Å². The van der Waals surface area contributed by atoms with Gasteiger partial charge < -0.3 is 9.57 Å². The second-order valence-corrected chi connectivity index (χ2v) is 11.0. The van der Waals surface area contributed by atoms with Gasteiger partial charge in [-0.05, 0) is 40.5 Å². The molecule has 1 aliphatic carbocycles. The number of ketones is 1. The summed E-state index contributed by atoms with van der Waals surface area (Å²) in [5.41, 5.74) is -1.33. The second-order valence-electron chi connectivity index (χ2n) is 11.0. The Balaban J connectivity index is 1.81. The summed E-state index contributed by atoms with van der Waals surface area (Å²) in [4.78, 5) is 19.2. The van der Waals surface area contributed by atoms with Crippen molar-refractivity contribution in [2.24, 2.45) is 0 Å². The third-order valence-corrected chi connectivity index (χ3v) is 7.39. The quantitative estimate of drug-likeness (QED) is 0.550. The lowest BCUT2D eigenvalue weighted by Gasteiger charge is -2.56. The van der Waals surface area contributed by atoms with E-state index in [2.05, 4.69) is 32.8 Å². The maximum absolute atomic E-state index is 13.5. The molecule has 162 valence electrons. The van der Waals surface area contributed by atoms with Crippen molar-refractivity contribution in [2.45, 2.75) is 140 Å². The van der Waals surface area contributed by atoms with Gasteiger partial charge in [-0.3, -0.25) is 4.79 Å². The van der Waals surface area contributed by atoms with Crippen LogP contribution in [0, 0.1) is 0 Å². The van der Waals surface area contributed by atoms with Gasteiger partial charge in [-0.15, -0.1) is 0 Å². The smallest absolute Gasteiger partial charge is 0.167 e. The van der Waals surface area contributed by atoms with Gasteiger partial charge in [0, 0.05) is 30.3 Å². The van der Waals surface area contributed by atoms with Gasteiger partial charge in [0.15, 0.2) is 5.78 Å². The van der Waals surface area contributed by atoms with E-state index in [0.29, 0.717) is 12.2 Å². The Morgan fingerprint density at radius 2 is 1.21 bits per heavy atom. The van der Waals surface area contributed by atoms with Crippen molar-refractivity contribution in [2.75, 3.05) is 7.11 Å². The number of carbonyl (C=O) groups is 1. The van der Waals surface area contributed by atoms with Gasteiger partial charge >= 0.3 is 0 Å². The van der Waals surface area contributed by atoms with Crippen LogP contribution in [0.15, 0.2) is 0 Å². The van der Waals surface area contributed by atoms with E-state index in [-0.39, 0.29) is 16.7 Å². The highest BCUT2D eigenvalue weighted by atomic mass is 16.7. The summed E-state index contributed by atoms with van der Waals surface area (Å²) in [6.07, 6.45) is 15.9. The van der Waals surface area contributed by atoms with Crippen molar-refractivity contribution in [3.05, 3.63) is 0 Å². The minimum atomic E-state index is -0.640. The number of hydroxylamine groups is 2. The molecule has 2 aliphatic heterocycles. The number of ether oxygens (including phenoxy) is 1. The van der Waals surface area contributed by atoms with Crippen LogP contribution in [0.25, 0.3) is 0 Å². The molecule has 0 bridgehead atoms. The van der Waals surface area contributed by atoms with Crippen LogP contribution >= 0.6 is 0 Å². The molecule has 2 heterocycles. The number of rotatable bonds is 1. The lowest BCUT2D eigenvalue weighted by atomic mass is 9.70. The third-order valence-electron chi connectivity index (χ3n) is 7.39. The first-order valence-electron chi connectivity index (χ1n) is 11.7. The molecular weight excluding hydrogens is 350 g/mol. The normalized spacial score (nSPS) is 30.8. The second kappa shape index (κ2) is 8.35. The third kappa shape index (κ3) is 4.49. The first-order chi connectivity index (χ1) is 13.1. The van der Waals surface area contributed by atoms with Gasteiger partial charge in [-0.25, -0.2) is 0 Å². The number of Topliss-reactive ketones (excluding diaryl/α,β-unsaturated/α-hetero) is 1. The van der Waals surface area contributed by atoms with E-state index in [9.17, 15) is 4.79 Å². The molecule has 3 rings (SSSR count). The van der Waals surface area contributed by atoms with E-state index in [1.807, 2.05) is 0 Å². The minimum Gasteiger partial charge on any atom is -0.360 e. The average molecular weight is 394 g/mol. The maximum Gasteiger partial charge on any atom is 0.167 e. The minimum absolute atomic E-state index is 0.225. The molecule has 2 saturated heterocycles. The van der Waals surface area contributed by atoms with Crippen LogP contribution in [0.4, 0.5) is 0 Å². The lowest BCUT2D eigenvalue weighted by Crippen LogP contribution is -2.66. The Labute approximate surface area is 172 Å². The number of hydrogen-bond acceptors (Lipinski definition) is 4. The molecule has 0 aromatic carbocycles. The van der Waals surface area contributed by atoms with Gasteiger partial charge in [0.2, 0.25) is 0 Å². The standard InChI is InChI=1S/C24H43NO3/c1-21(2)18-24(19-22(3,4)25(21)27-5)20(26)17-23(28-24)15-13-11-9-7-6-8-10-12-14-16-23/h6-19H2,1-5H3. The van der Waals surface area contributed by atoms with Crippen molar-refractivity contribution >= 4 is 5.78 Å². The highest BCUT2D eigenvalue weighted by Crippen LogP contribution is 2.53. The fraction of sp³-hybridized carbons (Fsp3) is 0.958. The zero-order chi connectivity index (χ0) is 20.5. The van der Waals surface area contributed by atoms with E-state index in [0.717, 1.165) is 25.7 Å². The molecule has 0 N–H and O–H groups in total. The SMILES string of the molecule is CON1C(C)(C)CC2(CC1(C)C)OC1(CCCCCCCCCCC1)CC2=O. The summed E-state index contributed by atoms with van der Waals surface area (Å²) in [5, 5.41) is 2.08. The predicted octanol–water partition coefficient (Wildman–Crippen LogP) is 5.97. The highest BCUT2D eigenvalue weighted by Gasteiger charge is 2.63. The fourth-order valence-corrected chi connectivity index (χ4v) is 6.68. The molecule has 2 spiro atoms. The van der Waals surface area contributed by atoms with Crippen molar-refractivity contribution < 1.29 is 14.4 Å². The van der Waals surface area contributed by atoms with Crippen molar-refractivity contribution in [1.29, 1.82) is 0 Å². The maximum atomic E-state index is 13.5. The van der Waals surface area contributed by atoms with Crippen LogP contribution in [0.2, 0.25) is 0 Å². The summed E-state index contributed by atoms with van der Waals surface area (Å²) < 4.78 is 6.97. The number of hydrogen-bond donors (Lipinski definition) is 0. The largest absolute Gasteiger partial charge is 0.360 e. The van der Waals surface area contributed by atoms with Crippen molar-refractivity contribution in [1.82, 2.24) is 5.06 Å². The van der Waals surface area contributed by atoms with Gasteiger partial charge in [0.25, 0.3) is 0 Å². The summed E-state index contributed by atoms with van der Waals surface area (Å²) in [7, 11) is 1.74. The summed E-state index contributed by atoms with van der Waals surface area (Å²) in [6.45, 7) is 8.73. The number of piperidine rings is 1. The molecule has 0 aromatic heterocycles. The molecule has 0 radical (unpaired) electrons. The van der Waals surface area contributed by atoms with Crippen LogP contribution in [0.3, 0.4) is 0 Å². The molecule has 0 atom stereocenters. The summed E-state index contributed by atoms with van der Waals surface area (Å²) in [5.74, 6) is 0.344. The molecule has 3 fully saturated rings. The molecule has 0 aromatic rings. The number of carbonyl (C=O) groups excluding carboxylic acids is 1. The van der Waals surface area contributed by atoms with Gasteiger partial charge in [-0.2, -0.15) is 5.06 Å². The molecular formula is C24H43NO3. The first kappa shape index (κ1) is 22.2. The van der Waals surface area contributed by atoms with E-state index < -0.39 is 5.60 Å². The average Bonchev–Trinajstić information content (AvgIpc) is 2.80. The summed E-state index contributed by atoms with van der Waals surface area (Å²) in [6, 6.07) is 0. The zero-order valence-electron chi connectivity index (χ0n) is 19.1. The Hall–Kier alpha value is -0.450. The van der Waals surface area contributed by atoms with Crippen LogP contribution in [0.5, 0.6) is 0 Å². The molecule has 4 nitrogen and oxygen atoms in total. The molecule has 28 heavy (non-hydrogen) atoms. The topological polar surface area (TPSA) is 38.8 Å². The van der Waals surface area contributed by atoms with Crippen LogP contribution < -0.4 is 0 Å². The molecule has 3 aliphatic rings. The Bertz CT molecular complexity index is 524. The molecule has 0 unspecified atom stereocenters. The van der Waals surface area contributed by atoms with Crippen molar-refractivity contribution in [3.8, 4) is 0 Å². The molecule has 1 saturated carbocycles. The van der Waals surface area contributed by atoms with E-state index in [4.69, 9.17) is 9.57 Å². The van der Waals surface area contributed by atoms with Crippen LogP contribution in [-0.4, -0.2) is 40.2 Å². The van der Waals surface area contributed by atoms with Gasteiger partial charge in [-0.1, -0.05) is 57.8 Å². The Morgan fingerprint density at radius 3 is 1.64 bits per heavy atom. The van der Waals surface area contributed by atoms with Crippen LogP contribution in [0.1, 0.15) is 118 Å². The van der Waals surface area contributed by atoms with Crippen LogP contribution in [-0.2, 0) is 14.4 Å². The van der Waals surface area contributed by atoms with Gasteiger partial charge in [0.05, 0.1) is 12.7 Å². The number of nitrogens with zero attached hydrogens (tertiary/aromatic N) is 1. The molecule has 0 amide bonds. The lowest BCUT2D eigenvalue weighted by molar-refractivity contribution is -0.296. The first-order valence-corrected chi connectivity index (χ1v) is 11.7. The monoisotopic (exact) mass is 393 g/mol. The predicted molar refractivity (Wildman–Crippen MR) is 113 cm³/mol. The van der Waals surface area contributed by atoms with E-state index >= 15 is 0 Å². The van der Waals surface area contributed by atoms with E-state index in [1.54, 1.807) is 7.11 Å². The Morgan fingerprint density at radius 1 is 0.786 bits per heavy atom. The molecule has 4 heteroatoms. The zero-order valence-corrected chi connectivity index (χ0v) is 19.1.